The molecule has 0 radical (unpaired) electrons. The Morgan fingerprint density at radius 2 is 2.00 bits per heavy atom. The summed E-state index contributed by atoms with van der Waals surface area (Å²) in [5, 5.41) is 22.6. The van der Waals surface area contributed by atoms with E-state index in [1.807, 2.05) is 0 Å². The maximum absolute atomic E-state index is 13.0. The average molecular weight is 355 g/mol. The minimum Gasteiger partial charge on any atom is -0.477 e. The van der Waals surface area contributed by atoms with E-state index < -0.39 is 28.0 Å². The van der Waals surface area contributed by atoms with Gasteiger partial charge in [0.05, 0.1) is 10.6 Å². The van der Waals surface area contributed by atoms with Crippen LogP contribution < -0.4 is 5.32 Å². The van der Waals surface area contributed by atoms with Crippen molar-refractivity contribution in [2.24, 2.45) is 0 Å². The van der Waals surface area contributed by atoms with E-state index in [-0.39, 0.29) is 0 Å². The summed E-state index contributed by atoms with van der Waals surface area (Å²) >= 11 is 3.16. The number of aromatic carboxylic acids is 1. The number of nitro groups is 1. The van der Waals surface area contributed by atoms with Gasteiger partial charge in [0.2, 0.25) is 0 Å². The van der Waals surface area contributed by atoms with Gasteiger partial charge in [-0.3, -0.25) is 10.1 Å². The maximum atomic E-state index is 13.0. The number of nitro benzene ring substituents is 1. The lowest BCUT2D eigenvalue weighted by molar-refractivity contribution is -0.385. The molecule has 0 spiro atoms. The van der Waals surface area contributed by atoms with Crippen LogP contribution in [-0.4, -0.2) is 16.0 Å². The van der Waals surface area contributed by atoms with Crippen molar-refractivity contribution in [3.63, 3.8) is 0 Å². The fourth-order valence-corrected chi connectivity index (χ4v) is 2.14. The fraction of sp³-hybridized carbons (Fsp3) is 0. The summed E-state index contributed by atoms with van der Waals surface area (Å²) in [6.45, 7) is 0. The van der Waals surface area contributed by atoms with E-state index in [1.54, 1.807) is 0 Å². The number of rotatable bonds is 4. The molecule has 2 N–H and O–H groups in total. The summed E-state index contributed by atoms with van der Waals surface area (Å²) in [7, 11) is 0. The van der Waals surface area contributed by atoms with Crippen LogP contribution in [0.3, 0.4) is 0 Å². The monoisotopic (exact) mass is 354 g/mol. The Labute approximate surface area is 126 Å². The van der Waals surface area contributed by atoms with E-state index >= 15 is 0 Å². The van der Waals surface area contributed by atoms with Gasteiger partial charge in [-0.1, -0.05) is 0 Å². The van der Waals surface area contributed by atoms with Crippen molar-refractivity contribution in [3.8, 4) is 0 Å². The fourth-order valence-electron chi connectivity index (χ4n) is 1.69. The molecule has 0 atom stereocenters. The van der Waals surface area contributed by atoms with Crippen LogP contribution in [0.5, 0.6) is 0 Å². The van der Waals surface area contributed by atoms with Crippen molar-refractivity contribution in [2.45, 2.75) is 0 Å². The van der Waals surface area contributed by atoms with Gasteiger partial charge in [-0.05, 0) is 46.3 Å². The molecule has 8 heteroatoms. The number of anilines is 2. The van der Waals surface area contributed by atoms with Crippen LogP contribution in [-0.2, 0) is 0 Å². The van der Waals surface area contributed by atoms with E-state index in [0.717, 1.165) is 12.1 Å². The number of nitrogens with zero attached hydrogens (tertiary/aromatic N) is 1. The zero-order valence-corrected chi connectivity index (χ0v) is 11.9. The first-order chi connectivity index (χ1) is 9.88. The summed E-state index contributed by atoms with van der Waals surface area (Å²) in [5.74, 6) is -1.81. The van der Waals surface area contributed by atoms with Gasteiger partial charge in [0.25, 0.3) is 5.69 Å². The smallest absolute Gasteiger partial charge is 0.342 e. The van der Waals surface area contributed by atoms with Gasteiger partial charge >= 0.3 is 5.97 Å². The predicted molar refractivity (Wildman–Crippen MR) is 77.4 cm³/mol. The first-order valence-electron chi connectivity index (χ1n) is 5.62. The topological polar surface area (TPSA) is 92.5 Å². The zero-order valence-electron chi connectivity index (χ0n) is 10.3. The average Bonchev–Trinajstić information content (AvgIpc) is 2.41. The molecule has 0 amide bonds. The second kappa shape index (κ2) is 5.88. The highest BCUT2D eigenvalue weighted by atomic mass is 79.9. The van der Waals surface area contributed by atoms with Crippen LogP contribution in [0.15, 0.2) is 40.9 Å². The molecular weight excluding hydrogens is 347 g/mol. The lowest BCUT2D eigenvalue weighted by Gasteiger charge is -2.09. The number of halogens is 2. The van der Waals surface area contributed by atoms with Crippen LogP contribution in [0.1, 0.15) is 10.4 Å². The van der Waals surface area contributed by atoms with Crippen molar-refractivity contribution in [1.82, 2.24) is 0 Å². The molecule has 0 unspecified atom stereocenters. The molecule has 2 aromatic carbocycles. The quantitative estimate of drug-likeness (QED) is 0.640. The van der Waals surface area contributed by atoms with Gasteiger partial charge in [0.15, 0.2) is 0 Å². The van der Waals surface area contributed by atoms with E-state index in [1.165, 1.54) is 24.3 Å². The molecule has 0 saturated heterocycles. The van der Waals surface area contributed by atoms with Gasteiger partial charge in [-0.2, -0.15) is 0 Å². The molecule has 0 aliphatic rings. The van der Waals surface area contributed by atoms with Crippen molar-refractivity contribution < 1.29 is 19.2 Å². The molecule has 0 aliphatic carbocycles. The summed E-state index contributed by atoms with van der Waals surface area (Å²) in [6.07, 6.45) is 0. The third kappa shape index (κ3) is 3.34. The number of carboxylic acid groups (broad SMARTS) is 1. The lowest BCUT2D eigenvalue weighted by Crippen LogP contribution is -2.03. The van der Waals surface area contributed by atoms with E-state index in [0.29, 0.717) is 15.8 Å². The maximum Gasteiger partial charge on any atom is 0.342 e. The second-order valence-electron chi connectivity index (χ2n) is 4.04. The number of hydrogen-bond acceptors (Lipinski definition) is 4. The SMILES string of the molecule is O=C(O)c1ccc(Nc2ccc(F)cc2Br)cc1[N+](=O)[O-]. The second-order valence-corrected chi connectivity index (χ2v) is 4.90. The normalized spacial score (nSPS) is 10.2. The number of carbonyl (C=O) groups is 1. The predicted octanol–water partition coefficient (Wildman–Crippen LogP) is 3.94. The minimum atomic E-state index is -1.38. The molecule has 21 heavy (non-hydrogen) atoms. The standard InChI is InChI=1S/C13H8BrFN2O4/c14-10-5-7(15)1-4-11(10)16-8-2-3-9(13(18)19)12(6-8)17(20)21/h1-6,16H,(H,18,19). The lowest BCUT2D eigenvalue weighted by atomic mass is 10.1. The van der Waals surface area contributed by atoms with Crippen LogP contribution >= 0.6 is 15.9 Å². The zero-order chi connectivity index (χ0) is 15.6. The van der Waals surface area contributed by atoms with E-state index in [9.17, 15) is 19.3 Å². The Morgan fingerprint density at radius 3 is 2.57 bits per heavy atom. The van der Waals surface area contributed by atoms with Gasteiger partial charge < -0.3 is 10.4 Å². The molecule has 0 aromatic heterocycles. The highest BCUT2D eigenvalue weighted by molar-refractivity contribution is 9.10. The number of hydrogen-bond donors (Lipinski definition) is 2. The summed E-state index contributed by atoms with van der Waals surface area (Å²) in [6, 6.07) is 7.57. The third-order valence-electron chi connectivity index (χ3n) is 2.63. The number of nitrogens with one attached hydrogen (secondary N) is 1. The molecular formula is C13H8BrFN2O4. The Balaban J connectivity index is 2.39. The molecule has 0 heterocycles. The molecule has 6 nitrogen and oxygen atoms in total. The Bertz CT molecular complexity index is 736. The van der Waals surface area contributed by atoms with E-state index in [2.05, 4.69) is 21.2 Å². The van der Waals surface area contributed by atoms with Crippen molar-refractivity contribution in [3.05, 3.63) is 62.4 Å². The van der Waals surface area contributed by atoms with Crippen molar-refractivity contribution >= 4 is 39.0 Å². The van der Waals surface area contributed by atoms with Crippen molar-refractivity contribution in [2.75, 3.05) is 5.32 Å². The highest BCUT2D eigenvalue weighted by Crippen LogP contribution is 2.29. The molecule has 0 aliphatic heterocycles. The summed E-state index contributed by atoms with van der Waals surface area (Å²) in [5.41, 5.74) is -0.109. The minimum absolute atomic E-state index is 0.319. The van der Waals surface area contributed by atoms with Crippen LogP contribution in [0.4, 0.5) is 21.5 Å². The Kier molecular flexibility index (Phi) is 4.18. The first-order valence-corrected chi connectivity index (χ1v) is 6.41. The summed E-state index contributed by atoms with van der Waals surface area (Å²) < 4.78 is 13.4. The molecule has 2 rings (SSSR count). The van der Waals surface area contributed by atoms with E-state index in [4.69, 9.17) is 5.11 Å². The van der Waals surface area contributed by atoms with Gasteiger partial charge in [-0.15, -0.1) is 0 Å². The largest absolute Gasteiger partial charge is 0.477 e. The van der Waals surface area contributed by atoms with Crippen LogP contribution in [0, 0.1) is 15.9 Å². The van der Waals surface area contributed by atoms with Gasteiger partial charge in [0.1, 0.15) is 11.4 Å². The number of carboxylic acids is 1. The Hall–Kier alpha value is -2.48. The first kappa shape index (κ1) is 14.9. The van der Waals surface area contributed by atoms with Crippen molar-refractivity contribution in [1.29, 1.82) is 0 Å². The highest BCUT2D eigenvalue weighted by Gasteiger charge is 2.20. The van der Waals surface area contributed by atoms with Crippen LogP contribution in [0.25, 0.3) is 0 Å². The van der Waals surface area contributed by atoms with Gasteiger partial charge in [-0.25, -0.2) is 9.18 Å². The number of benzene rings is 2. The molecule has 2 aromatic rings. The molecule has 0 saturated carbocycles. The molecule has 0 fully saturated rings. The summed E-state index contributed by atoms with van der Waals surface area (Å²) in [4.78, 5) is 21.0. The molecule has 108 valence electrons. The van der Waals surface area contributed by atoms with Crippen LogP contribution in [0.2, 0.25) is 0 Å². The van der Waals surface area contributed by atoms with Gasteiger partial charge in [0, 0.05) is 16.2 Å². The Morgan fingerprint density at radius 1 is 1.29 bits per heavy atom. The third-order valence-corrected chi connectivity index (χ3v) is 3.29. The molecule has 0 bridgehead atoms.